The molecular weight excluding hydrogens is 270 g/mol. The van der Waals surface area contributed by atoms with E-state index in [9.17, 15) is 0 Å². The first-order chi connectivity index (χ1) is 9.52. The summed E-state index contributed by atoms with van der Waals surface area (Å²) >= 11 is 5.16. The van der Waals surface area contributed by atoms with Crippen molar-refractivity contribution in [1.29, 1.82) is 0 Å². The molecule has 0 amide bonds. The van der Waals surface area contributed by atoms with E-state index in [4.69, 9.17) is 17.0 Å². The van der Waals surface area contributed by atoms with E-state index < -0.39 is 0 Å². The SMILES string of the molecule is CCn1c(COc2ccc(C(C)C)c(C)c2)n[nH]c1=S. The number of nitrogens with zero attached hydrogens (tertiary/aromatic N) is 2. The number of nitrogens with one attached hydrogen (secondary N) is 1. The lowest BCUT2D eigenvalue weighted by Crippen LogP contribution is -2.06. The molecule has 0 aliphatic carbocycles. The molecule has 4 nitrogen and oxygen atoms in total. The van der Waals surface area contributed by atoms with Crippen LogP contribution in [0.3, 0.4) is 0 Å². The first-order valence-corrected chi connectivity index (χ1v) is 7.31. The van der Waals surface area contributed by atoms with Crippen molar-refractivity contribution in [3.8, 4) is 5.75 Å². The summed E-state index contributed by atoms with van der Waals surface area (Å²) in [4.78, 5) is 0. The molecule has 1 N–H and O–H groups in total. The first kappa shape index (κ1) is 14.8. The second kappa shape index (κ2) is 6.22. The van der Waals surface area contributed by atoms with Crippen LogP contribution in [-0.4, -0.2) is 14.8 Å². The van der Waals surface area contributed by atoms with Gasteiger partial charge in [-0.05, 0) is 55.2 Å². The summed E-state index contributed by atoms with van der Waals surface area (Å²) in [6, 6.07) is 6.22. The molecule has 0 aliphatic heterocycles. The molecule has 1 aromatic heterocycles. The molecule has 0 atom stereocenters. The lowest BCUT2D eigenvalue weighted by Gasteiger charge is -2.12. The van der Waals surface area contributed by atoms with Gasteiger partial charge in [-0.1, -0.05) is 19.9 Å². The molecule has 0 saturated heterocycles. The number of rotatable bonds is 5. The van der Waals surface area contributed by atoms with Crippen molar-refractivity contribution in [3.63, 3.8) is 0 Å². The van der Waals surface area contributed by atoms with Crippen LogP contribution in [0.2, 0.25) is 0 Å². The Bertz CT molecular complexity index is 643. The van der Waals surface area contributed by atoms with Crippen molar-refractivity contribution in [2.45, 2.75) is 46.8 Å². The zero-order chi connectivity index (χ0) is 14.7. The van der Waals surface area contributed by atoms with Crippen LogP contribution in [0, 0.1) is 11.7 Å². The molecule has 108 valence electrons. The van der Waals surface area contributed by atoms with E-state index in [1.807, 2.05) is 17.6 Å². The van der Waals surface area contributed by atoms with E-state index in [0.29, 0.717) is 17.3 Å². The monoisotopic (exact) mass is 291 g/mol. The highest BCUT2D eigenvalue weighted by atomic mass is 32.1. The summed E-state index contributed by atoms with van der Waals surface area (Å²) in [5.41, 5.74) is 2.61. The number of benzene rings is 1. The molecular formula is C15H21N3OS. The zero-order valence-electron chi connectivity index (χ0n) is 12.4. The van der Waals surface area contributed by atoms with E-state index in [2.05, 4.69) is 43.1 Å². The fraction of sp³-hybridized carbons (Fsp3) is 0.467. The van der Waals surface area contributed by atoms with Gasteiger partial charge in [-0.25, -0.2) is 0 Å². The van der Waals surface area contributed by atoms with E-state index in [-0.39, 0.29) is 0 Å². The van der Waals surface area contributed by atoms with Crippen LogP contribution < -0.4 is 4.74 Å². The second-order valence-electron chi connectivity index (χ2n) is 5.15. The molecule has 1 aromatic carbocycles. The summed E-state index contributed by atoms with van der Waals surface area (Å²) in [5, 5.41) is 6.99. The van der Waals surface area contributed by atoms with Gasteiger partial charge >= 0.3 is 0 Å². The summed E-state index contributed by atoms with van der Waals surface area (Å²) in [5.74, 6) is 2.21. The Hall–Kier alpha value is -1.62. The lowest BCUT2D eigenvalue weighted by atomic mass is 9.98. The van der Waals surface area contributed by atoms with E-state index in [1.54, 1.807) is 0 Å². The molecule has 0 bridgehead atoms. The second-order valence-corrected chi connectivity index (χ2v) is 5.54. The van der Waals surface area contributed by atoms with E-state index >= 15 is 0 Å². The first-order valence-electron chi connectivity index (χ1n) is 6.90. The number of aromatic nitrogens is 3. The maximum atomic E-state index is 5.81. The van der Waals surface area contributed by atoms with E-state index in [1.165, 1.54) is 11.1 Å². The normalized spacial score (nSPS) is 11.1. The Morgan fingerprint density at radius 3 is 2.75 bits per heavy atom. The molecule has 0 spiro atoms. The van der Waals surface area contributed by atoms with Gasteiger partial charge in [-0.2, -0.15) is 5.10 Å². The van der Waals surface area contributed by atoms with Crippen molar-refractivity contribution in [2.75, 3.05) is 0 Å². The Morgan fingerprint density at radius 1 is 1.40 bits per heavy atom. The maximum absolute atomic E-state index is 5.81. The van der Waals surface area contributed by atoms with Crippen LogP contribution >= 0.6 is 12.2 Å². The Labute approximate surface area is 124 Å². The van der Waals surface area contributed by atoms with Gasteiger partial charge in [0, 0.05) is 6.54 Å². The average molecular weight is 291 g/mol. The van der Waals surface area contributed by atoms with Gasteiger partial charge in [-0.3, -0.25) is 5.10 Å². The van der Waals surface area contributed by atoms with Crippen LogP contribution in [0.4, 0.5) is 0 Å². The fourth-order valence-corrected chi connectivity index (χ4v) is 2.60. The van der Waals surface area contributed by atoms with Crippen LogP contribution in [0.25, 0.3) is 0 Å². The van der Waals surface area contributed by atoms with Gasteiger partial charge in [0.2, 0.25) is 0 Å². The Balaban J connectivity index is 2.11. The van der Waals surface area contributed by atoms with Crippen LogP contribution in [0.5, 0.6) is 5.75 Å². The minimum Gasteiger partial charge on any atom is -0.486 e. The molecule has 1 heterocycles. The minimum absolute atomic E-state index is 0.418. The standard InChI is InChI=1S/C15H21N3OS/c1-5-18-14(16-17-15(18)20)9-19-12-6-7-13(10(2)3)11(4)8-12/h6-8,10H,5,9H2,1-4H3,(H,17,20). The Morgan fingerprint density at radius 2 is 2.15 bits per heavy atom. The van der Waals surface area contributed by atoms with Crippen LogP contribution in [0.1, 0.15) is 43.6 Å². The quantitative estimate of drug-likeness (QED) is 0.848. The van der Waals surface area contributed by atoms with Gasteiger partial charge in [-0.15, -0.1) is 0 Å². The molecule has 5 heteroatoms. The predicted octanol–water partition coefficient (Wildman–Crippen LogP) is 3.97. The third-order valence-electron chi connectivity index (χ3n) is 3.38. The fourth-order valence-electron chi connectivity index (χ4n) is 2.32. The van der Waals surface area contributed by atoms with Crippen molar-refractivity contribution in [3.05, 3.63) is 39.9 Å². The van der Waals surface area contributed by atoms with Crippen LogP contribution in [0.15, 0.2) is 18.2 Å². The highest BCUT2D eigenvalue weighted by Crippen LogP contribution is 2.23. The minimum atomic E-state index is 0.418. The maximum Gasteiger partial charge on any atom is 0.195 e. The van der Waals surface area contributed by atoms with Crippen molar-refractivity contribution in [1.82, 2.24) is 14.8 Å². The van der Waals surface area contributed by atoms with Crippen molar-refractivity contribution >= 4 is 12.2 Å². The molecule has 0 radical (unpaired) electrons. The molecule has 20 heavy (non-hydrogen) atoms. The van der Waals surface area contributed by atoms with Crippen molar-refractivity contribution < 1.29 is 4.74 Å². The number of hydrogen-bond acceptors (Lipinski definition) is 3. The lowest BCUT2D eigenvalue weighted by molar-refractivity contribution is 0.289. The number of ether oxygens (including phenoxy) is 1. The molecule has 0 aliphatic rings. The van der Waals surface area contributed by atoms with Gasteiger partial charge < -0.3 is 9.30 Å². The van der Waals surface area contributed by atoms with Gasteiger partial charge in [0.15, 0.2) is 10.6 Å². The Kier molecular flexibility index (Phi) is 4.60. The third-order valence-corrected chi connectivity index (χ3v) is 3.70. The van der Waals surface area contributed by atoms with Gasteiger partial charge in [0.25, 0.3) is 0 Å². The highest BCUT2D eigenvalue weighted by Gasteiger charge is 2.07. The number of hydrogen-bond donors (Lipinski definition) is 1. The molecule has 0 fully saturated rings. The molecule has 2 aromatic rings. The topological polar surface area (TPSA) is 42.8 Å². The number of aryl methyl sites for hydroxylation is 1. The largest absolute Gasteiger partial charge is 0.486 e. The smallest absolute Gasteiger partial charge is 0.195 e. The summed E-state index contributed by atoms with van der Waals surface area (Å²) in [6.45, 7) is 9.76. The zero-order valence-corrected chi connectivity index (χ0v) is 13.3. The predicted molar refractivity (Wildman–Crippen MR) is 82.7 cm³/mol. The molecule has 0 saturated carbocycles. The number of aromatic amines is 1. The van der Waals surface area contributed by atoms with Crippen molar-refractivity contribution in [2.24, 2.45) is 0 Å². The van der Waals surface area contributed by atoms with Gasteiger partial charge in [0.05, 0.1) is 0 Å². The van der Waals surface area contributed by atoms with E-state index in [0.717, 1.165) is 18.1 Å². The third kappa shape index (κ3) is 3.10. The summed E-state index contributed by atoms with van der Waals surface area (Å²) in [6.07, 6.45) is 0. The summed E-state index contributed by atoms with van der Waals surface area (Å²) in [7, 11) is 0. The molecule has 0 unspecified atom stereocenters. The number of H-pyrrole nitrogens is 1. The van der Waals surface area contributed by atoms with Gasteiger partial charge in [0.1, 0.15) is 12.4 Å². The van der Waals surface area contributed by atoms with Crippen LogP contribution in [-0.2, 0) is 13.2 Å². The summed E-state index contributed by atoms with van der Waals surface area (Å²) < 4.78 is 8.39. The highest BCUT2D eigenvalue weighted by molar-refractivity contribution is 7.71. The molecule has 2 rings (SSSR count). The average Bonchev–Trinajstić information content (AvgIpc) is 2.76.